The van der Waals surface area contributed by atoms with Crippen LogP contribution in [0.2, 0.25) is 0 Å². The first-order valence-electron chi connectivity index (χ1n) is 13.1. The van der Waals surface area contributed by atoms with Crippen LogP contribution in [0.3, 0.4) is 0 Å². The van der Waals surface area contributed by atoms with E-state index in [1.165, 1.54) is 15.9 Å². The predicted octanol–water partition coefficient (Wildman–Crippen LogP) is 6.18. The van der Waals surface area contributed by atoms with Crippen molar-refractivity contribution in [3.63, 3.8) is 0 Å². The van der Waals surface area contributed by atoms with Crippen LogP contribution in [0.1, 0.15) is 25.8 Å². The second-order valence-electron chi connectivity index (χ2n) is 9.09. The molecule has 38 heavy (non-hydrogen) atoms. The van der Waals surface area contributed by atoms with Gasteiger partial charge in [-0.05, 0) is 73.9 Å². The van der Waals surface area contributed by atoms with Crippen LogP contribution in [0.25, 0.3) is 11.1 Å². The van der Waals surface area contributed by atoms with Crippen molar-refractivity contribution in [2.45, 2.75) is 26.7 Å². The van der Waals surface area contributed by atoms with Crippen LogP contribution in [-0.4, -0.2) is 33.0 Å². The van der Waals surface area contributed by atoms with Gasteiger partial charge in [0.2, 0.25) is 0 Å². The zero-order valence-corrected chi connectivity index (χ0v) is 23.5. The Labute approximate surface area is 226 Å². The highest BCUT2D eigenvalue weighted by molar-refractivity contribution is 7.95. The van der Waals surface area contributed by atoms with Gasteiger partial charge < -0.3 is 14.2 Å². The van der Waals surface area contributed by atoms with E-state index in [4.69, 9.17) is 14.2 Å². The normalized spacial score (nSPS) is 11.2. The summed E-state index contributed by atoms with van der Waals surface area (Å²) in [5.74, 6) is 1.15. The first kappa shape index (κ1) is 27.4. The molecule has 196 valence electrons. The molecule has 0 fully saturated rings. The number of carbonyl (C=O) groups is 1. The molecule has 0 saturated carbocycles. The molecule has 4 nitrogen and oxygen atoms in total. The molecule has 0 atom stereocenters. The van der Waals surface area contributed by atoms with Crippen LogP contribution in [0, 0.1) is 0 Å². The van der Waals surface area contributed by atoms with Gasteiger partial charge in [0.05, 0.1) is 27.0 Å². The molecule has 0 heterocycles. The first-order chi connectivity index (χ1) is 18.5. The fourth-order valence-corrected chi connectivity index (χ4v) is 8.38. The molecule has 0 spiro atoms. The van der Waals surface area contributed by atoms with Gasteiger partial charge in [0.25, 0.3) is 0 Å². The van der Waals surface area contributed by atoms with Crippen LogP contribution in [0.4, 0.5) is 0 Å². The third-order valence-corrected chi connectivity index (χ3v) is 10.8. The van der Waals surface area contributed by atoms with E-state index in [2.05, 4.69) is 97.7 Å². The van der Waals surface area contributed by atoms with Crippen LogP contribution in [0.5, 0.6) is 11.5 Å². The summed E-state index contributed by atoms with van der Waals surface area (Å²) >= 11 is 0. The SMILES string of the molecule is CCOC(=O)CCc1cc(OC)c(OCC)cc1-c1ccccc1[P+](C)(c1ccccc1)c1ccccc1. The summed E-state index contributed by atoms with van der Waals surface area (Å²) in [6.45, 7) is 7.09. The first-order valence-corrected chi connectivity index (χ1v) is 15.3. The Morgan fingerprint density at radius 3 is 1.92 bits per heavy atom. The Hall–Kier alpha value is -3.62. The van der Waals surface area contributed by atoms with Crippen molar-refractivity contribution in [3.05, 3.63) is 103 Å². The highest BCUT2D eigenvalue weighted by Crippen LogP contribution is 2.54. The molecule has 0 aliphatic rings. The fraction of sp³-hybridized carbons (Fsp3) is 0.242. The van der Waals surface area contributed by atoms with Crippen molar-refractivity contribution in [2.75, 3.05) is 27.0 Å². The summed E-state index contributed by atoms with van der Waals surface area (Å²) in [4.78, 5) is 12.3. The Bertz CT molecular complexity index is 1310. The van der Waals surface area contributed by atoms with Crippen molar-refractivity contribution in [2.24, 2.45) is 0 Å². The quantitative estimate of drug-likeness (QED) is 0.173. The number of methoxy groups -OCH3 is 1. The molecule has 0 saturated heterocycles. The van der Waals surface area contributed by atoms with Crippen LogP contribution in [0.15, 0.2) is 97.1 Å². The van der Waals surface area contributed by atoms with Gasteiger partial charge in [-0.25, -0.2) is 0 Å². The average molecular weight is 528 g/mol. The number of carbonyl (C=O) groups excluding carboxylic acids is 1. The summed E-state index contributed by atoms with van der Waals surface area (Å²) in [6.07, 6.45) is 0.834. The zero-order chi connectivity index (χ0) is 27.0. The maximum absolute atomic E-state index is 12.3. The minimum atomic E-state index is -2.01. The number of hydrogen-bond acceptors (Lipinski definition) is 4. The molecule has 0 radical (unpaired) electrons. The van der Waals surface area contributed by atoms with Gasteiger partial charge in [-0.2, -0.15) is 0 Å². The van der Waals surface area contributed by atoms with E-state index in [0.29, 0.717) is 37.6 Å². The Balaban J connectivity index is 1.96. The summed E-state index contributed by atoms with van der Waals surface area (Å²) in [5, 5.41) is 3.90. The number of rotatable bonds is 11. The molecule has 0 bridgehead atoms. The molecular formula is C33H36O4P+. The Morgan fingerprint density at radius 2 is 1.34 bits per heavy atom. The molecule has 0 amide bonds. The van der Waals surface area contributed by atoms with Gasteiger partial charge in [-0.15, -0.1) is 0 Å². The minimum Gasteiger partial charge on any atom is -0.493 e. The van der Waals surface area contributed by atoms with Gasteiger partial charge in [0, 0.05) is 12.0 Å². The molecule has 5 heteroatoms. The number of esters is 1. The molecule has 4 rings (SSSR count). The highest BCUT2D eigenvalue weighted by Gasteiger charge is 2.42. The van der Waals surface area contributed by atoms with E-state index in [9.17, 15) is 4.79 Å². The van der Waals surface area contributed by atoms with E-state index in [0.717, 1.165) is 16.7 Å². The lowest BCUT2D eigenvalue weighted by Gasteiger charge is -2.26. The Kier molecular flexibility index (Phi) is 9.20. The van der Waals surface area contributed by atoms with Crippen LogP contribution < -0.4 is 25.4 Å². The van der Waals surface area contributed by atoms with Crippen LogP contribution in [-0.2, 0) is 16.0 Å². The van der Waals surface area contributed by atoms with Crippen molar-refractivity contribution in [3.8, 4) is 22.6 Å². The summed E-state index contributed by atoms with van der Waals surface area (Å²) in [5.41, 5.74) is 3.21. The number of benzene rings is 4. The highest BCUT2D eigenvalue weighted by atomic mass is 31.2. The lowest BCUT2D eigenvalue weighted by molar-refractivity contribution is -0.143. The molecule has 4 aromatic carbocycles. The fourth-order valence-electron chi connectivity index (χ4n) is 4.93. The largest absolute Gasteiger partial charge is 0.493 e. The third kappa shape index (κ3) is 5.76. The van der Waals surface area contributed by atoms with E-state index in [1.54, 1.807) is 7.11 Å². The summed E-state index contributed by atoms with van der Waals surface area (Å²) in [7, 11) is -0.364. The zero-order valence-electron chi connectivity index (χ0n) is 22.6. The van der Waals surface area contributed by atoms with Crippen LogP contribution >= 0.6 is 7.26 Å². The summed E-state index contributed by atoms with van der Waals surface area (Å²) in [6, 6.07) is 34.3. The average Bonchev–Trinajstić information content (AvgIpc) is 2.97. The topological polar surface area (TPSA) is 44.8 Å². The maximum atomic E-state index is 12.3. The molecule has 0 N–H and O–H groups in total. The van der Waals surface area contributed by atoms with Gasteiger partial charge in [0.15, 0.2) is 11.5 Å². The monoisotopic (exact) mass is 527 g/mol. The van der Waals surface area contributed by atoms with Crippen molar-refractivity contribution in [1.29, 1.82) is 0 Å². The third-order valence-electron chi connectivity index (χ3n) is 6.81. The molecular weight excluding hydrogens is 491 g/mol. The Morgan fingerprint density at radius 1 is 0.737 bits per heavy atom. The lowest BCUT2D eigenvalue weighted by atomic mass is 9.95. The number of aryl methyl sites for hydroxylation is 1. The molecule has 0 unspecified atom stereocenters. The van der Waals surface area contributed by atoms with E-state index in [1.807, 2.05) is 19.9 Å². The standard InChI is InChI=1S/C33H36O4P/c1-5-36-31-24-29(25(23-30(31)35-3)21-22-33(34)37-6-2)28-19-13-14-20-32(28)38(4,26-15-9-7-10-16-26)27-17-11-8-12-18-27/h7-20,23-24H,5-6,21-22H2,1-4H3/q+1. The smallest absolute Gasteiger partial charge is 0.306 e. The van der Waals surface area contributed by atoms with E-state index < -0.39 is 7.26 Å². The second-order valence-corrected chi connectivity index (χ2v) is 12.6. The van der Waals surface area contributed by atoms with Crippen molar-refractivity contribution >= 4 is 29.1 Å². The van der Waals surface area contributed by atoms with Crippen molar-refractivity contribution in [1.82, 2.24) is 0 Å². The van der Waals surface area contributed by atoms with Gasteiger partial charge >= 0.3 is 5.97 Å². The van der Waals surface area contributed by atoms with Crippen molar-refractivity contribution < 1.29 is 19.0 Å². The number of hydrogen-bond donors (Lipinski definition) is 0. The lowest BCUT2D eigenvalue weighted by Crippen LogP contribution is -2.31. The second kappa shape index (κ2) is 12.8. The van der Waals surface area contributed by atoms with Gasteiger partial charge in [0.1, 0.15) is 23.2 Å². The molecule has 4 aromatic rings. The molecule has 0 aliphatic carbocycles. The summed E-state index contributed by atoms with van der Waals surface area (Å²) < 4.78 is 16.9. The van der Waals surface area contributed by atoms with E-state index in [-0.39, 0.29) is 5.97 Å². The van der Waals surface area contributed by atoms with E-state index >= 15 is 0 Å². The molecule has 0 aliphatic heterocycles. The predicted molar refractivity (Wildman–Crippen MR) is 159 cm³/mol. The maximum Gasteiger partial charge on any atom is 0.306 e. The minimum absolute atomic E-state index is 0.203. The van der Waals surface area contributed by atoms with Gasteiger partial charge in [-0.1, -0.05) is 54.6 Å². The number of ether oxygens (including phenoxy) is 3. The van der Waals surface area contributed by atoms with Gasteiger partial charge in [-0.3, -0.25) is 4.79 Å². The molecule has 0 aromatic heterocycles.